The molecule has 5 rings (SSSR count). The highest BCUT2D eigenvalue weighted by atomic mass is 16.7. The lowest BCUT2D eigenvalue weighted by molar-refractivity contribution is -0.377. The van der Waals surface area contributed by atoms with E-state index in [4.69, 9.17) is 33.2 Å². The van der Waals surface area contributed by atoms with Crippen molar-refractivity contribution in [2.24, 2.45) is 11.3 Å². The van der Waals surface area contributed by atoms with Gasteiger partial charge in [0.05, 0.1) is 17.2 Å². The molecular weight excluding hydrogens is 694 g/mol. The summed E-state index contributed by atoms with van der Waals surface area (Å²) >= 11 is 0. The summed E-state index contributed by atoms with van der Waals surface area (Å²) in [6.45, 7) is 5.20. The zero-order valence-electron chi connectivity index (χ0n) is 29.5. The number of ketones is 1. The lowest BCUT2D eigenvalue weighted by atomic mass is 9.45. The number of aliphatic hydroxyl groups excluding tert-OH is 1. The number of rotatable bonds is 5. The number of ether oxygens (including phenoxy) is 7. The third-order valence-electron chi connectivity index (χ3n) is 10.4. The van der Waals surface area contributed by atoms with Gasteiger partial charge in [0.1, 0.15) is 48.1 Å². The highest BCUT2D eigenvalue weighted by Crippen LogP contribution is 2.68. The van der Waals surface area contributed by atoms with E-state index in [0.29, 0.717) is 0 Å². The van der Waals surface area contributed by atoms with Crippen LogP contribution in [0.15, 0.2) is 18.3 Å². The number of carbonyl (C=O) groups is 7. The van der Waals surface area contributed by atoms with E-state index in [0.717, 1.165) is 41.5 Å². The fourth-order valence-corrected chi connectivity index (χ4v) is 8.31. The quantitative estimate of drug-likeness (QED) is 0.243. The molecule has 11 atom stereocenters. The van der Waals surface area contributed by atoms with Crippen LogP contribution in [-0.2, 0) is 68.3 Å². The molecule has 4 aliphatic rings. The minimum absolute atomic E-state index is 0.0785. The number of aromatic nitrogens is 1. The van der Waals surface area contributed by atoms with Gasteiger partial charge in [0.2, 0.25) is 0 Å². The molecule has 0 amide bonds. The first-order valence-corrected chi connectivity index (χ1v) is 16.4. The number of Topliss-reactive ketones (excluding diaryl/α,β-unsaturated/α-hetero) is 1. The van der Waals surface area contributed by atoms with E-state index in [1.807, 2.05) is 0 Å². The Morgan fingerprint density at radius 3 is 2.13 bits per heavy atom. The Kier molecular flexibility index (Phi) is 9.79. The van der Waals surface area contributed by atoms with Crippen molar-refractivity contribution in [2.75, 3.05) is 13.2 Å². The molecule has 0 unspecified atom stereocenters. The first-order chi connectivity index (χ1) is 24.1. The molecule has 1 saturated heterocycles. The van der Waals surface area contributed by atoms with Crippen molar-refractivity contribution >= 4 is 41.6 Å². The molecule has 18 heteroatoms. The van der Waals surface area contributed by atoms with Crippen LogP contribution in [0.2, 0.25) is 0 Å². The summed E-state index contributed by atoms with van der Waals surface area (Å²) in [5, 5.41) is 36.3. The van der Waals surface area contributed by atoms with E-state index >= 15 is 0 Å². The Bertz CT molecular complexity index is 1710. The van der Waals surface area contributed by atoms with Crippen molar-refractivity contribution in [1.29, 1.82) is 0 Å². The lowest BCUT2D eigenvalue weighted by Gasteiger charge is -2.66. The Morgan fingerprint density at radius 2 is 1.54 bits per heavy atom. The smallest absolute Gasteiger partial charge is 0.340 e. The molecule has 0 radical (unpaired) electrons. The summed E-state index contributed by atoms with van der Waals surface area (Å²) in [6, 6.07) is 2.81. The van der Waals surface area contributed by atoms with Gasteiger partial charge in [-0.05, 0) is 45.7 Å². The number of cyclic esters (lactones) is 1. The third kappa shape index (κ3) is 5.81. The molecule has 4 bridgehead atoms. The molecule has 1 aromatic rings. The SMILES string of the molecule is CC(=O)OC[C@]12[C@H](OC(C)=O)C(=O)[C@@H]3[C@@H](OC(C)=O)[C@@]14O[C@@]3(C)COC(=O)c1cccnc1CC[C@](C)(O)C(=O)O[C@@H]([C@H](O)[C@@H]2OC(C)=O)[C@]4(C)O. The summed E-state index contributed by atoms with van der Waals surface area (Å²) in [5.74, 6) is -9.50. The predicted molar refractivity (Wildman–Crippen MR) is 166 cm³/mol. The fraction of sp³-hybridized carbons (Fsp3) is 0.647. The second-order valence-corrected chi connectivity index (χ2v) is 14.2. The second kappa shape index (κ2) is 13.2. The molecule has 0 aromatic carbocycles. The predicted octanol–water partition coefficient (Wildman–Crippen LogP) is -0.956. The molecule has 2 aliphatic carbocycles. The monoisotopic (exact) mass is 735 g/mol. The Balaban J connectivity index is 1.91. The van der Waals surface area contributed by atoms with Gasteiger partial charge in [0.15, 0.2) is 29.2 Å². The number of esters is 6. The topological polar surface area (TPSA) is 258 Å². The number of hydrogen-bond donors (Lipinski definition) is 3. The van der Waals surface area contributed by atoms with Crippen LogP contribution in [0.25, 0.3) is 0 Å². The number of pyridine rings is 1. The Morgan fingerprint density at radius 1 is 0.923 bits per heavy atom. The van der Waals surface area contributed by atoms with Crippen LogP contribution in [0.4, 0.5) is 0 Å². The van der Waals surface area contributed by atoms with Gasteiger partial charge in [-0.2, -0.15) is 0 Å². The van der Waals surface area contributed by atoms with Crippen LogP contribution >= 0.6 is 0 Å². The van der Waals surface area contributed by atoms with Crippen LogP contribution in [0.3, 0.4) is 0 Å². The maximum absolute atomic E-state index is 14.9. The zero-order valence-corrected chi connectivity index (χ0v) is 29.5. The molecule has 1 aromatic heterocycles. The van der Waals surface area contributed by atoms with Crippen molar-refractivity contribution in [1.82, 2.24) is 4.98 Å². The van der Waals surface area contributed by atoms with Gasteiger partial charge in [-0.1, -0.05) is 0 Å². The van der Waals surface area contributed by atoms with E-state index in [-0.39, 0.29) is 17.7 Å². The van der Waals surface area contributed by atoms with Crippen molar-refractivity contribution in [3.8, 4) is 0 Å². The first kappa shape index (κ1) is 38.7. The van der Waals surface area contributed by atoms with E-state index < -0.39 is 125 Å². The highest BCUT2D eigenvalue weighted by molar-refractivity contribution is 5.94. The summed E-state index contributed by atoms with van der Waals surface area (Å²) in [5.41, 5.74) is -12.8. The van der Waals surface area contributed by atoms with E-state index in [1.165, 1.54) is 25.3 Å². The van der Waals surface area contributed by atoms with Gasteiger partial charge in [-0.15, -0.1) is 0 Å². The molecule has 3 fully saturated rings. The molecule has 18 nitrogen and oxygen atoms in total. The summed E-state index contributed by atoms with van der Waals surface area (Å²) < 4.78 is 40.5. The zero-order chi connectivity index (χ0) is 38.8. The fourth-order valence-electron chi connectivity index (χ4n) is 8.31. The number of carbonyl (C=O) groups excluding carboxylic acids is 7. The van der Waals surface area contributed by atoms with Crippen molar-refractivity contribution in [2.45, 2.75) is 114 Å². The summed E-state index contributed by atoms with van der Waals surface area (Å²) in [4.78, 5) is 97.4. The van der Waals surface area contributed by atoms with Gasteiger partial charge in [0.25, 0.3) is 0 Å². The van der Waals surface area contributed by atoms with E-state index in [1.54, 1.807) is 0 Å². The molecule has 2 saturated carbocycles. The number of aliphatic hydroxyl groups is 3. The first-order valence-electron chi connectivity index (χ1n) is 16.4. The van der Waals surface area contributed by atoms with E-state index in [9.17, 15) is 48.9 Å². The van der Waals surface area contributed by atoms with Crippen molar-refractivity contribution < 1.29 is 82.0 Å². The Hall–Kier alpha value is -4.52. The molecule has 284 valence electrons. The normalized spacial score (nSPS) is 39.8. The third-order valence-corrected chi connectivity index (χ3v) is 10.4. The highest BCUT2D eigenvalue weighted by Gasteiger charge is 2.91. The molecule has 3 heterocycles. The number of hydrogen-bond acceptors (Lipinski definition) is 18. The Labute approximate surface area is 297 Å². The van der Waals surface area contributed by atoms with Crippen LogP contribution in [-0.4, -0.2) is 128 Å². The van der Waals surface area contributed by atoms with Gasteiger partial charge in [-0.3, -0.25) is 29.0 Å². The molecular formula is C34H41NO17. The molecule has 3 N–H and O–H groups in total. The van der Waals surface area contributed by atoms with Crippen LogP contribution < -0.4 is 0 Å². The van der Waals surface area contributed by atoms with Gasteiger partial charge in [0, 0.05) is 33.9 Å². The van der Waals surface area contributed by atoms with Gasteiger partial charge >= 0.3 is 35.8 Å². The standard InChI is InChI=1S/C34H41NO17/c1-15(36)46-14-33-26(49-17(3)38)22(40)21-24(48-16(2)37)34(33)32(7,45)25(23(41)27(33)50-18(4)39)51-29(43)30(5,44)11-10-20-19(9-8-12-35-20)28(42)47-13-31(21,6)52-34/h8-9,12,21,23-27,41,44-45H,10-11,13-14H2,1-7H3/t21-,23+,24-,25+,26-,27+,30+,31+,32+,33-,34+/m1/s1. The maximum atomic E-state index is 14.9. The average molecular weight is 736 g/mol. The molecule has 1 spiro atoms. The van der Waals surface area contributed by atoms with Crippen LogP contribution in [0.1, 0.15) is 70.9 Å². The summed E-state index contributed by atoms with van der Waals surface area (Å²) in [7, 11) is 0. The average Bonchev–Trinajstić information content (AvgIpc) is 3.27. The van der Waals surface area contributed by atoms with Crippen LogP contribution in [0, 0.1) is 11.3 Å². The second-order valence-electron chi connectivity index (χ2n) is 14.2. The molecule has 52 heavy (non-hydrogen) atoms. The maximum Gasteiger partial charge on any atom is 0.340 e. The number of nitrogens with zero attached hydrogens (tertiary/aromatic N) is 1. The van der Waals surface area contributed by atoms with Gasteiger partial charge in [-0.25, -0.2) is 9.59 Å². The largest absolute Gasteiger partial charge is 0.465 e. The van der Waals surface area contributed by atoms with Crippen LogP contribution in [0.5, 0.6) is 0 Å². The summed E-state index contributed by atoms with van der Waals surface area (Å²) in [6.07, 6.45) is -10.2. The minimum atomic E-state index is -2.89. The number of fused-ring (bicyclic) bond motifs is 5. The van der Waals surface area contributed by atoms with E-state index in [2.05, 4.69) is 4.98 Å². The number of aryl methyl sites for hydroxylation is 1. The molecule has 2 aliphatic heterocycles. The minimum Gasteiger partial charge on any atom is -0.465 e. The van der Waals surface area contributed by atoms with Crippen molar-refractivity contribution in [3.63, 3.8) is 0 Å². The van der Waals surface area contributed by atoms with Crippen molar-refractivity contribution in [3.05, 3.63) is 29.6 Å². The lowest BCUT2D eigenvalue weighted by Crippen LogP contribution is -2.88. The van der Waals surface area contributed by atoms with Gasteiger partial charge < -0.3 is 48.5 Å².